The molecule has 1 atom stereocenters. The van der Waals surface area contributed by atoms with E-state index in [2.05, 4.69) is 11.9 Å². The van der Waals surface area contributed by atoms with E-state index in [0.717, 1.165) is 6.08 Å². The molecule has 0 aromatic carbocycles. The number of rotatable bonds is 4. The first-order chi connectivity index (χ1) is 6.47. The van der Waals surface area contributed by atoms with Crippen LogP contribution in [0.15, 0.2) is 12.7 Å². The fraction of sp³-hybridized carbons (Fsp3) is 0.375. The second-order valence-corrected chi connectivity index (χ2v) is 2.39. The maximum Gasteiger partial charge on any atom is 0.290 e. The summed E-state index contributed by atoms with van der Waals surface area (Å²) in [5.41, 5.74) is 4.89. The SMILES string of the molecule is C=CC(=O)NC(C)CC(N)=O.O=CO. The standard InChI is InChI=1S/C7H12N2O2.CH2O2/c1-3-7(11)9-5(2)4-6(8)10;2-1-3/h3,5H,1,4H2,2H3,(H2,8,10)(H,9,11);1H,(H,2,3). The minimum Gasteiger partial charge on any atom is -0.483 e. The third-order valence-corrected chi connectivity index (χ3v) is 1.08. The minimum atomic E-state index is -0.429. The lowest BCUT2D eigenvalue weighted by Gasteiger charge is -2.08. The van der Waals surface area contributed by atoms with Crippen LogP contribution in [0.2, 0.25) is 0 Å². The van der Waals surface area contributed by atoms with E-state index in [0.29, 0.717) is 0 Å². The van der Waals surface area contributed by atoms with E-state index in [1.165, 1.54) is 0 Å². The van der Waals surface area contributed by atoms with Gasteiger partial charge in [0.15, 0.2) is 0 Å². The third-order valence-electron chi connectivity index (χ3n) is 1.08. The number of hydrogen-bond donors (Lipinski definition) is 3. The summed E-state index contributed by atoms with van der Waals surface area (Å²) in [6, 6.07) is -0.224. The third kappa shape index (κ3) is 12.8. The Balaban J connectivity index is 0. The van der Waals surface area contributed by atoms with Crippen LogP contribution in [0.25, 0.3) is 0 Å². The van der Waals surface area contributed by atoms with Gasteiger partial charge in [-0.05, 0) is 13.0 Å². The van der Waals surface area contributed by atoms with E-state index in [9.17, 15) is 9.59 Å². The molecule has 0 aliphatic carbocycles. The summed E-state index contributed by atoms with van der Waals surface area (Å²) >= 11 is 0. The van der Waals surface area contributed by atoms with Crippen LogP contribution in [-0.2, 0) is 14.4 Å². The van der Waals surface area contributed by atoms with Gasteiger partial charge < -0.3 is 16.2 Å². The highest BCUT2D eigenvalue weighted by molar-refractivity contribution is 5.87. The lowest BCUT2D eigenvalue weighted by atomic mass is 10.2. The zero-order valence-corrected chi connectivity index (χ0v) is 7.90. The van der Waals surface area contributed by atoms with E-state index < -0.39 is 5.91 Å². The molecule has 0 bridgehead atoms. The van der Waals surface area contributed by atoms with Crippen molar-refractivity contribution in [3.8, 4) is 0 Å². The van der Waals surface area contributed by atoms with Crippen LogP contribution in [0.4, 0.5) is 0 Å². The van der Waals surface area contributed by atoms with E-state index in [4.69, 9.17) is 15.6 Å². The van der Waals surface area contributed by atoms with Gasteiger partial charge in [-0.2, -0.15) is 0 Å². The average Bonchev–Trinajstić information content (AvgIpc) is 2.03. The molecule has 0 radical (unpaired) electrons. The van der Waals surface area contributed by atoms with Crippen LogP contribution in [0.1, 0.15) is 13.3 Å². The second kappa shape index (κ2) is 9.24. The Morgan fingerprint density at radius 1 is 1.64 bits per heavy atom. The predicted octanol–water partition coefficient (Wildman–Crippen LogP) is -0.747. The summed E-state index contributed by atoms with van der Waals surface area (Å²) in [5, 5.41) is 9.39. The topological polar surface area (TPSA) is 109 Å². The maximum absolute atomic E-state index is 10.6. The maximum atomic E-state index is 10.6. The molecule has 0 fully saturated rings. The zero-order chi connectivity index (χ0) is 11.6. The molecular weight excluding hydrogens is 188 g/mol. The predicted molar refractivity (Wildman–Crippen MR) is 50.3 cm³/mol. The van der Waals surface area contributed by atoms with Crippen molar-refractivity contribution >= 4 is 18.3 Å². The van der Waals surface area contributed by atoms with Crippen LogP contribution < -0.4 is 11.1 Å². The average molecular weight is 202 g/mol. The number of hydrogen-bond acceptors (Lipinski definition) is 3. The first-order valence-corrected chi connectivity index (χ1v) is 3.77. The number of carbonyl (C=O) groups excluding carboxylic acids is 2. The van der Waals surface area contributed by atoms with Gasteiger partial charge in [0.1, 0.15) is 0 Å². The van der Waals surface area contributed by atoms with E-state index in [1.807, 2.05) is 0 Å². The molecule has 0 aromatic rings. The van der Waals surface area contributed by atoms with Gasteiger partial charge in [0.05, 0.1) is 0 Å². The molecule has 6 heteroatoms. The molecule has 0 saturated carbocycles. The summed E-state index contributed by atoms with van der Waals surface area (Å²) < 4.78 is 0. The van der Waals surface area contributed by atoms with Crippen molar-refractivity contribution in [2.75, 3.05) is 0 Å². The summed E-state index contributed by atoms with van der Waals surface area (Å²) in [6.07, 6.45) is 1.30. The fourth-order valence-corrected chi connectivity index (χ4v) is 0.655. The van der Waals surface area contributed by atoms with Crippen molar-refractivity contribution < 1.29 is 19.5 Å². The number of amides is 2. The number of nitrogens with one attached hydrogen (secondary N) is 1. The van der Waals surface area contributed by atoms with Crippen molar-refractivity contribution in [1.82, 2.24) is 5.32 Å². The molecule has 0 spiro atoms. The normalized spacial score (nSPS) is 10.1. The molecule has 0 saturated heterocycles. The van der Waals surface area contributed by atoms with Gasteiger partial charge in [0, 0.05) is 12.5 Å². The number of carbonyl (C=O) groups is 3. The van der Waals surface area contributed by atoms with Crippen molar-refractivity contribution in [3.05, 3.63) is 12.7 Å². The van der Waals surface area contributed by atoms with E-state index in [-0.39, 0.29) is 24.8 Å². The van der Waals surface area contributed by atoms with Gasteiger partial charge >= 0.3 is 0 Å². The first-order valence-electron chi connectivity index (χ1n) is 3.77. The molecule has 4 N–H and O–H groups in total. The highest BCUT2D eigenvalue weighted by Crippen LogP contribution is 1.88. The molecule has 0 rings (SSSR count). The lowest BCUT2D eigenvalue weighted by molar-refractivity contribution is -0.123. The fourth-order valence-electron chi connectivity index (χ4n) is 0.655. The van der Waals surface area contributed by atoms with Gasteiger partial charge in [0.25, 0.3) is 6.47 Å². The van der Waals surface area contributed by atoms with Crippen molar-refractivity contribution in [2.45, 2.75) is 19.4 Å². The molecular formula is C8H14N2O4. The Kier molecular flexibility index (Phi) is 9.68. The Bertz CT molecular complexity index is 215. The van der Waals surface area contributed by atoms with Crippen LogP contribution in [0.3, 0.4) is 0 Å². The van der Waals surface area contributed by atoms with Gasteiger partial charge in [-0.25, -0.2) is 0 Å². The summed E-state index contributed by atoms with van der Waals surface area (Å²) in [5.74, 6) is -0.722. The quantitative estimate of drug-likeness (QED) is 0.411. The molecule has 0 aliphatic rings. The Morgan fingerprint density at radius 3 is 2.36 bits per heavy atom. The van der Waals surface area contributed by atoms with Gasteiger partial charge in [-0.15, -0.1) is 0 Å². The van der Waals surface area contributed by atoms with Gasteiger partial charge in [0.2, 0.25) is 11.8 Å². The monoisotopic (exact) mass is 202 g/mol. The highest BCUT2D eigenvalue weighted by atomic mass is 16.3. The Labute approximate surface area is 81.8 Å². The molecule has 0 heterocycles. The molecule has 1 unspecified atom stereocenters. The first kappa shape index (κ1) is 14.7. The van der Waals surface area contributed by atoms with Crippen molar-refractivity contribution in [3.63, 3.8) is 0 Å². The minimum absolute atomic E-state index is 0.152. The Morgan fingerprint density at radius 2 is 2.07 bits per heavy atom. The van der Waals surface area contributed by atoms with Crippen LogP contribution >= 0.6 is 0 Å². The molecule has 14 heavy (non-hydrogen) atoms. The second-order valence-electron chi connectivity index (χ2n) is 2.39. The molecule has 80 valence electrons. The number of nitrogens with two attached hydrogens (primary N) is 1. The van der Waals surface area contributed by atoms with Crippen LogP contribution in [-0.4, -0.2) is 29.4 Å². The van der Waals surface area contributed by atoms with Crippen molar-refractivity contribution in [2.24, 2.45) is 5.73 Å². The smallest absolute Gasteiger partial charge is 0.290 e. The summed E-state index contributed by atoms with van der Waals surface area (Å²) in [7, 11) is 0. The number of primary amides is 1. The highest BCUT2D eigenvalue weighted by Gasteiger charge is 2.06. The van der Waals surface area contributed by atoms with E-state index in [1.54, 1.807) is 6.92 Å². The molecule has 0 aliphatic heterocycles. The zero-order valence-electron chi connectivity index (χ0n) is 7.90. The largest absolute Gasteiger partial charge is 0.483 e. The van der Waals surface area contributed by atoms with Gasteiger partial charge in [-0.1, -0.05) is 6.58 Å². The Hall–Kier alpha value is -1.85. The summed E-state index contributed by atoms with van der Waals surface area (Å²) in [6.45, 7) is 4.72. The summed E-state index contributed by atoms with van der Waals surface area (Å²) in [4.78, 5) is 29.3. The lowest BCUT2D eigenvalue weighted by Crippen LogP contribution is -2.34. The van der Waals surface area contributed by atoms with Crippen LogP contribution in [0.5, 0.6) is 0 Å². The van der Waals surface area contributed by atoms with Crippen LogP contribution in [0, 0.1) is 0 Å². The van der Waals surface area contributed by atoms with Gasteiger partial charge in [-0.3, -0.25) is 14.4 Å². The molecule has 2 amide bonds. The molecule has 6 nitrogen and oxygen atoms in total. The molecule has 0 aromatic heterocycles. The number of carboxylic acid groups (broad SMARTS) is 1. The van der Waals surface area contributed by atoms with E-state index >= 15 is 0 Å². The van der Waals surface area contributed by atoms with Crippen molar-refractivity contribution in [1.29, 1.82) is 0 Å².